The summed E-state index contributed by atoms with van der Waals surface area (Å²) in [6.07, 6.45) is 0. The molecule has 1 amide bonds. The average Bonchev–Trinajstić information content (AvgIpc) is 3.14. The number of benzene rings is 1. The van der Waals surface area contributed by atoms with Crippen LogP contribution in [0.2, 0.25) is 0 Å². The Bertz CT molecular complexity index is 1050. The minimum atomic E-state index is -1.08. The van der Waals surface area contributed by atoms with Crippen LogP contribution in [-0.2, 0) is 6.54 Å². The van der Waals surface area contributed by atoms with Crippen molar-refractivity contribution in [3.8, 4) is 5.69 Å². The Balaban J connectivity index is 1.87. The van der Waals surface area contributed by atoms with Gasteiger partial charge >= 0.3 is 5.97 Å². The molecule has 0 saturated heterocycles. The van der Waals surface area contributed by atoms with Crippen molar-refractivity contribution in [2.75, 3.05) is 7.05 Å². The molecule has 1 N–H and O–H groups in total. The molecule has 0 atom stereocenters. The van der Waals surface area contributed by atoms with Crippen molar-refractivity contribution < 1.29 is 23.5 Å². The molecule has 3 rings (SSSR count). The molecule has 0 aliphatic heterocycles. The number of carbonyl (C=O) groups excluding carboxylic acids is 1. The van der Waals surface area contributed by atoms with E-state index >= 15 is 0 Å². The van der Waals surface area contributed by atoms with E-state index in [0.29, 0.717) is 34.2 Å². The number of nitrogens with zero attached hydrogens (tertiary/aromatic N) is 3. The predicted octanol–water partition coefficient (Wildman–Crippen LogP) is 3.50. The molecule has 2 aromatic heterocycles. The summed E-state index contributed by atoms with van der Waals surface area (Å²) in [6, 6.07) is 7.26. The monoisotopic (exact) mass is 385 g/mol. The van der Waals surface area contributed by atoms with Crippen LogP contribution in [0.15, 0.2) is 34.7 Å². The fraction of sp³-hybridized carbons (Fsp3) is 0.250. The summed E-state index contributed by atoms with van der Waals surface area (Å²) >= 11 is 0. The van der Waals surface area contributed by atoms with E-state index in [0.717, 1.165) is 0 Å². The highest BCUT2D eigenvalue weighted by Crippen LogP contribution is 2.21. The molecule has 0 fully saturated rings. The SMILES string of the molecule is Cc1nn(-c2ccc(F)cc2)c(C)c1C(=O)N(C)Cc1cc(C(=O)O)c(C)o1. The van der Waals surface area contributed by atoms with Gasteiger partial charge in [-0.15, -0.1) is 0 Å². The molecule has 2 heterocycles. The number of rotatable bonds is 5. The van der Waals surface area contributed by atoms with Gasteiger partial charge in [-0.25, -0.2) is 13.9 Å². The number of aromatic carboxylic acids is 1. The first-order valence-electron chi connectivity index (χ1n) is 8.59. The van der Waals surface area contributed by atoms with E-state index in [1.54, 1.807) is 44.6 Å². The van der Waals surface area contributed by atoms with Gasteiger partial charge in [0.1, 0.15) is 22.9 Å². The van der Waals surface area contributed by atoms with Crippen LogP contribution >= 0.6 is 0 Å². The van der Waals surface area contributed by atoms with Crippen LogP contribution in [0.1, 0.15) is 43.6 Å². The van der Waals surface area contributed by atoms with E-state index in [9.17, 15) is 14.0 Å². The van der Waals surface area contributed by atoms with Crippen LogP contribution in [0.5, 0.6) is 0 Å². The van der Waals surface area contributed by atoms with Gasteiger partial charge in [0, 0.05) is 7.05 Å². The van der Waals surface area contributed by atoms with Crippen LogP contribution in [0.25, 0.3) is 5.69 Å². The molecule has 1 aromatic carbocycles. The second-order valence-corrected chi connectivity index (χ2v) is 6.58. The molecule has 0 saturated carbocycles. The number of carbonyl (C=O) groups is 2. The van der Waals surface area contributed by atoms with Crippen molar-refractivity contribution >= 4 is 11.9 Å². The van der Waals surface area contributed by atoms with E-state index in [4.69, 9.17) is 9.52 Å². The van der Waals surface area contributed by atoms with Crippen molar-refractivity contribution in [1.29, 1.82) is 0 Å². The predicted molar refractivity (Wildman–Crippen MR) is 99.2 cm³/mol. The lowest BCUT2D eigenvalue weighted by atomic mass is 10.1. The standard InChI is InChI=1S/C20H20FN3O4/c1-11-18(12(2)24(22-11)15-7-5-14(21)6-8-15)19(25)23(4)10-16-9-17(20(26)27)13(3)28-16/h5-9H,10H2,1-4H3,(H,26,27). The van der Waals surface area contributed by atoms with E-state index in [1.165, 1.54) is 23.1 Å². The Hall–Kier alpha value is -3.42. The number of furan rings is 1. The summed E-state index contributed by atoms with van der Waals surface area (Å²) in [4.78, 5) is 25.6. The summed E-state index contributed by atoms with van der Waals surface area (Å²) < 4.78 is 20.2. The van der Waals surface area contributed by atoms with Crippen molar-refractivity contribution in [2.45, 2.75) is 27.3 Å². The van der Waals surface area contributed by atoms with Gasteiger partial charge < -0.3 is 14.4 Å². The molecular formula is C20H20FN3O4. The maximum Gasteiger partial charge on any atom is 0.339 e. The molecular weight excluding hydrogens is 365 g/mol. The lowest BCUT2D eigenvalue weighted by molar-refractivity contribution is 0.0694. The van der Waals surface area contributed by atoms with E-state index < -0.39 is 5.97 Å². The summed E-state index contributed by atoms with van der Waals surface area (Å²) in [7, 11) is 1.61. The zero-order valence-corrected chi connectivity index (χ0v) is 16.0. The topological polar surface area (TPSA) is 88.6 Å². The van der Waals surface area contributed by atoms with Gasteiger partial charge in [-0.05, 0) is 51.1 Å². The minimum Gasteiger partial charge on any atom is -0.478 e. The number of halogens is 1. The number of hydrogen-bond acceptors (Lipinski definition) is 4. The molecule has 28 heavy (non-hydrogen) atoms. The lowest BCUT2D eigenvalue weighted by Crippen LogP contribution is -2.27. The third kappa shape index (κ3) is 3.53. The van der Waals surface area contributed by atoms with Crippen LogP contribution in [0, 0.1) is 26.6 Å². The average molecular weight is 385 g/mol. The Morgan fingerprint density at radius 3 is 2.43 bits per heavy atom. The molecule has 0 aliphatic rings. The van der Waals surface area contributed by atoms with Crippen molar-refractivity contribution in [1.82, 2.24) is 14.7 Å². The highest BCUT2D eigenvalue weighted by Gasteiger charge is 2.24. The quantitative estimate of drug-likeness (QED) is 0.726. The third-order valence-electron chi connectivity index (χ3n) is 4.52. The van der Waals surface area contributed by atoms with Crippen LogP contribution in [-0.4, -0.2) is 38.7 Å². The first-order chi connectivity index (χ1) is 13.2. The van der Waals surface area contributed by atoms with E-state index in [1.807, 2.05) is 0 Å². The zero-order chi connectivity index (χ0) is 20.6. The zero-order valence-electron chi connectivity index (χ0n) is 16.0. The van der Waals surface area contributed by atoms with Crippen LogP contribution < -0.4 is 0 Å². The number of amides is 1. The molecule has 3 aromatic rings. The van der Waals surface area contributed by atoms with Crippen molar-refractivity contribution in [3.05, 3.63) is 70.2 Å². The Morgan fingerprint density at radius 2 is 1.86 bits per heavy atom. The number of carboxylic acid groups (broad SMARTS) is 1. The molecule has 0 unspecified atom stereocenters. The number of aromatic nitrogens is 2. The maximum atomic E-state index is 13.2. The molecule has 7 nitrogen and oxygen atoms in total. The summed E-state index contributed by atoms with van der Waals surface area (Å²) in [6.45, 7) is 5.18. The van der Waals surface area contributed by atoms with Gasteiger partial charge in [0.25, 0.3) is 5.91 Å². The largest absolute Gasteiger partial charge is 0.478 e. The van der Waals surface area contributed by atoms with Gasteiger partial charge in [-0.1, -0.05) is 0 Å². The molecule has 0 aliphatic carbocycles. The fourth-order valence-corrected chi connectivity index (χ4v) is 3.12. The van der Waals surface area contributed by atoms with Gasteiger partial charge in [-0.2, -0.15) is 5.10 Å². The highest BCUT2D eigenvalue weighted by atomic mass is 19.1. The number of hydrogen-bond donors (Lipinski definition) is 1. The molecule has 0 bridgehead atoms. The van der Waals surface area contributed by atoms with E-state index in [2.05, 4.69) is 5.10 Å². The summed E-state index contributed by atoms with van der Waals surface area (Å²) in [5.74, 6) is -1.02. The van der Waals surface area contributed by atoms with Gasteiger partial charge in [0.15, 0.2) is 0 Å². The molecule has 0 radical (unpaired) electrons. The van der Waals surface area contributed by atoms with Crippen molar-refractivity contribution in [2.24, 2.45) is 0 Å². The lowest BCUT2D eigenvalue weighted by Gasteiger charge is -2.16. The maximum absolute atomic E-state index is 13.2. The summed E-state index contributed by atoms with van der Waals surface area (Å²) in [5, 5.41) is 13.5. The van der Waals surface area contributed by atoms with Gasteiger partial charge in [0.2, 0.25) is 0 Å². The fourth-order valence-electron chi connectivity index (χ4n) is 3.12. The highest BCUT2D eigenvalue weighted by molar-refractivity contribution is 5.96. The first kappa shape index (κ1) is 19.3. The van der Waals surface area contributed by atoms with E-state index in [-0.39, 0.29) is 23.8 Å². The van der Waals surface area contributed by atoms with Crippen LogP contribution in [0.4, 0.5) is 4.39 Å². The second kappa shape index (κ2) is 7.30. The van der Waals surface area contributed by atoms with Crippen LogP contribution in [0.3, 0.4) is 0 Å². The Kier molecular flexibility index (Phi) is 5.04. The third-order valence-corrected chi connectivity index (χ3v) is 4.52. The smallest absolute Gasteiger partial charge is 0.339 e. The Morgan fingerprint density at radius 1 is 1.21 bits per heavy atom. The number of carboxylic acids is 1. The summed E-state index contributed by atoms with van der Waals surface area (Å²) in [5.41, 5.74) is 2.33. The second-order valence-electron chi connectivity index (χ2n) is 6.58. The molecule has 8 heteroatoms. The minimum absolute atomic E-state index is 0.0762. The normalized spacial score (nSPS) is 10.9. The van der Waals surface area contributed by atoms with Gasteiger partial charge in [-0.3, -0.25) is 4.79 Å². The molecule has 0 spiro atoms. The molecule has 146 valence electrons. The van der Waals surface area contributed by atoms with Crippen molar-refractivity contribution in [3.63, 3.8) is 0 Å². The first-order valence-corrected chi connectivity index (χ1v) is 8.59. The van der Waals surface area contributed by atoms with Gasteiger partial charge in [0.05, 0.1) is 29.2 Å². The number of aryl methyl sites for hydroxylation is 2. The Labute approximate surface area is 161 Å².